The Hall–Kier alpha value is -2.05. The summed E-state index contributed by atoms with van der Waals surface area (Å²) in [6.45, 7) is 1.12. The SMILES string of the molecule is N#Cc1c(Cl)nsc1N1CCC(Oc2ccc(C(F)(F)F)cn2)C1. The van der Waals surface area contributed by atoms with Crippen LogP contribution < -0.4 is 9.64 Å². The van der Waals surface area contributed by atoms with E-state index in [1.807, 2.05) is 11.0 Å². The predicted octanol–water partition coefficient (Wildman–Crippen LogP) is 3.74. The third kappa shape index (κ3) is 3.39. The van der Waals surface area contributed by atoms with Gasteiger partial charge in [0.25, 0.3) is 0 Å². The van der Waals surface area contributed by atoms with Crippen molar-refractivity contribution in [3.63, 3.8) is 0 Å². The summed E-state index contributed by atoms with van der Waals surface area (Å²) < 4.78 is 47.1. The van der Waals surface area contributed by atoms with Crippen molar-refractivity contribution in [2.45, 2.75) is 18.7 Å². The highest BCUT2D eigenvalue weighted by atomic mass is 35.5. The molecule has 0 radical (unpaired) electrons. The normalized spacial score (nSPS) is 17.8. The number of anilines is 1. The van der Waals surface area contributed by atoms with Crippen LogP contribution >= 0.6 is 23.1 Å². The summed E-state index contributed by atoms with van der Waals surface area (Å²) in [7, 11) is 0. The highest BCUT2D eigenvalue weighted by molar-refractivity contribution is 7.10. The highest BCUT2D eigenvalue weighted by Gasteiger charge is 2.31. The molecular formula is C14H10ClF3N4OS. The lowest BCUT2D eigenvalue weighted by molar-refractivity contribution is -0.137. The van der Waals surface area contributed by atoms with Gasteiger partial charge in [-0.25, -0.2) is 4.98 Å². The molecule has 1 unspecified atom stereocenters. The van der Waals surface area contributed by atoms with Crippen molar-refractivity contribution in [3.05, 3.63) is 34.6 Å². The molecule has 1 aliphatic rings. The molecule has 3 heterocycles. The largest absolute Gasteiger partial charge is 0.472 e. The van der Waals surface area contributed by atoms with E-state index in [0.717, 1.165) is 23.8 Å². The quantitative estimate of drug-likeness (QED) is 0.819. The van der Waals surface area contributed by atoms with Crippen molar-refractivity contribution in [1.29, 1.82) is 5.26 Å². The minimum atomic E-state index is -4.42. The molecule has 0 aromatic carbocycles. The average Bonchev–Trinajstić information content (AvgIpc) is 3.13. The summed E-state index contributed by atoms with van der Waals surface area (Å²) in [5.41, 5.74) is -0.490. The van der Waals surface area contributed by atoms with Gasteiger partial charge in [-0.05, 0) is 17.6 Å². The van der Waals surface area contributed by atoms with E-state index in [1.165, 1.54) is 6.07 Å². The standard InChI is InChI=1S/C14H10ClF3N4OS/c15-12-10(5-19)13(24-21-12)22-4-3-9(7-22)23-11-2-1-8(6-20-11)14(16,17)18/h1-2,6,9H,3-4,7H2. The molecule has 0 aliphatic carbocycles. The van der Waals surface area contributed by atoms with Gasteiger partial charge in [-0.15, -0.1) is 0 Å². The van der Waals surface area contributed by atoms with Crippen LogP contribution in [0.15, 0.2) is 18.3 Å². The zero-order valence-electron chi connectivity index (χ0n) is 12.0. The van der Waals surface area contributed by atoms with E-state index in [4.69, 9.17) is 21.6 Å². The van der Waals surface area contributed by atoms with Gasteiger partial charge in [0.2, 0.25) is 5.88 Å². The number of halogens is 4. The van der Waals surface area contributed by atoms with Crippen LogP contribution in [0.25, 0.3) is 0 Å². The molecule has 0 amide bonds. The second kappa shape index (κ2) is 6.45. The van der Waals surface area contributed by atoms with Gasteiger partial charge in [0.1, 0.15) is 22.7 Å². The average molecular weight is 375 g/mol. The van der Waals surface area contributed by atoms with E-state index in [2.05, 4.69) is 9.36 Å². The van der Waals surface area contributed by atoms with Gasteiger partial charge in [-0.2, -0.15) is 22.8 Å². The Morgan fingerprint density at radius 1 is 1.42 bits per heavy atom. The molecular weight excluding hydrogens is 365 g/mol. The molecule has 10 heteroatoms. The van der Waals surface area contributed by atoms with Crippen molar-refractivity contribution in [2.75, 3.05) is 18.0 Å². The summed E-state index contributed by atoms with van der Waals surface area (Å²) in [4.78, 5) is 5.63. The molecule has 2 aromatic heterocycles. The molecule has 1 aliphatic heterocycles. The Morgan fingerprint density at radius 2 is 2.21 bits per heavy atom. The minimum absolute atomic E-state index is 0.137. The predicted molar refractivity (Wildman–Crippen MR) is 82.3 cm³/mol. The van der Waals surface area contributed by atoms with Gasteiger partial charge in [0.05, 0.1) is 12.1 Å². The molecule has 0 bridgehead atoms. The zero-order chi connectivity index (χ0) is 17.3. The number of ether oxygens (including phenoxy) is 1. The molecule has 2 aromatic rings. The van der Waals surface area contributed by atoms with E-state index in [-0.39, 0.29) is 17.1 Å². The number of nitriles is 1. The van der Waals surface area contributed by atoms with Crippen molar-refractivity contribution in [3.8, 4) is 11.9 Å². The summed E-state index contributed by atoms with van der Waals surface area (Å²) in [6, 6.07) is 4.16. The second-order valence-electron chi connectivity index (χ2n) is 5.12. The summed E-state index contributed by atoms with van der Waals surface area (Å²) >= 11 is 6.99. The number of aromatic nitrogens is 2. The van der Waals surface area contributed by atoms with E-state index in [0.29, 0.717) is 30.1 Å². The molecule has 0 N–H and O–H groups in total. The molecule has 3 rings (SSSR count). The third-order valence-electron chi connectivity index (χ3n) is 3.53. The van der Waals surface area contributed by atoms with E-state index in [1.54, 1.807) is 0 Å². The molecule has 0 saturated carbocycles. The first kappa shape index (κ1) is 16.8. The number of hydrogen-bond donors (Lipinski definition) is 0. The van der Waals surface area contributed by atoms with Gasteiger partial charge in [-0.1, -0.05) is 11.6 Å². The number of nitrogens with zero attached hydrogens (tertiary/aromatic N) is 4. The maximum Gasteiger partial charge on any atom is 0.417 e. The summed E-state index contributed by atoms with van der Waals surface area (Å²) in [5.74, 6) is 0.137. The molecule has 1 fully saturated rings. The monoisotopic (exact) mass is 374 g/mol. The number of rotatable bonds is 3. The van der Waals surface area contributed by atoms with Crippen molar-refractivity contribution in [2.24, 2.45) is 0 Å². The van der Waals surface area contributed by atoms with Crippen LogP contribution in [-0.4, -0.2) is 28.6 Å². The van der Waals surface area contributed by atoms with E-state index < -0.39 is 11.7 Å². The third-order valence-corrected chi connectivity index (χ3v) is 4.81. The minimum Gasteiger partial charge on any atom is -0.472 e. The molecule has 1 saturated heterocycles. The van der Waals surface area contributed by atoms with Gasteiger partial charge in [-0.3, -0.25) is 0 Å². The van der Waals surface area contributed by atoms with E-state index >= 15 is 0 Å². The maximum absolute atomic E-state index is 12.5. The Morgan fingerprint density at radius 3 is 2.83 bits per heavy atom. The van der Waals surface area contributed by atoms with Crippen LogP contribution in [0.4, 0.5) is 18.2 Å². The van der Waals surface area contributed by atoms with Crippen LogP contribution in [0, 0.1) is 11.3 Å². The second-order valence-corrected chi connectivity index (χ2v) is 6.23. The van der Waals surface area contributed by atoms with Crippen LogP contribution in [-0.2, 0) is 6.18 Å². The Bertz CT molecular complexity index is 772. The van der Waals surface area contributed by atoms with Gasteiger partial charge < -0.3 is 9.64 Å². The number of hydrogen-bond acceptors (Lipinski definition) is 6. The van der Waals surface area contributed by atoms with Crippen LogP contribution in [0.2, 0.25) is 5.15 Å². The van der Waals surface area contributed by atoms with Gasteiger partial charge in [0, 0.05) is 25.2 Å². The van der Waals surface area contributed by atoms with Crippen molar-refractivity contribution in [1.82, 2.24) is 9.36 Å². The lowest BCUT2D eigenvalue weighted by atomic mass is 10.3. The molecule has 126 valence electrons. The smallest absolute Gasteiger partial charge is 0.417 e. The lowest BCUT2D eigenvalue weighted by Gasteiger charge is -2.17. The molecule has 24 heavy (non-hydrogen) atoms. The summed E-state index contributed by atoms with van der Waals surface area (Å²) in [5, 5.41) is 9.96. The van der Waals surface area contributed by atoms with Gasteiger partial charge in [0.15, 0.2) is 5.15 Å². The van der Waals surface area contributed by atoms with Crippen LogP contribution in [0.3, 0.4) is 0 Å². The van der Waals surface area contributed by atoms with Crippen LogP contribution in [0.1, 0.15) is 17.5 Å². The Kier molecular flexibility index (Phi) is 4.51. The highest BCUT2D eigenvalue weighted by Crippen LogP contribution is 2.34. The van der Waals surface area contributed by atoms with Crippen molar-refractivity contribution < 1.29 is 17.9 Å². The Balaban J connectivity index is 1.65. The number of pyridine rings is 1. The van der Waals surface area contributed by atoms with Crippen molar-refractivity contribution >= 4 is 28.1 Å². The fourth-order valence-corrected chi connectivity index (χ4v) is 3.43. The molecule has 5 nitrogen and oxygen atoms in total. The first-order valence-electron chi connectivity index (χ1n) is 6.88. The first-order chi connectivity index (χ1) is 11.4. The topological polar surface area (TPSA) is 62.0 Å². The van der Waals surface area contributed by atoms with E-state index in [9.17, 15) is 13.2 Å². The zero-order valence-corrected chi connectivity index (χ0v) is 13.6. The van der Waals surface area contributed by atoms with Crippen LogP contribution in [0.5, 0.6) is 5.88 Å². The summed E-state index contributed by atoms with van der Waals surface area (Å²) in [6.07, 6.45) is -3.25. The Labute approximate surface area is 144 Å². The molecule has 0 spiro atoms. The lowest BCUT2D eigenvalue weighted by Crippen LogP contribution is -2.24. The fraction of sp³-hybridized carbons (Fsp3) is 0.357. The fourth-order valence-electron chi connectivity index (χ4n) is 2.37. The molecule has 1 atom stereocenters. The van der Waals surface area contributed by atoms with Gasteiger partial charge >= 0.3 is 6.18 Å². The first-order valence-corrected chi connectivity index (χ1v) is 8.03. The maximum atomic E-state index is 12.5. The number of alkyl halides is 3.